The quantitative estimate of drug-likeness (QED) is 0.695. The number of halogens is 3. The highest BCUT2D eigenvalue weighted by Crippen LogP contribution is 2.33. The molecule has 0 spiro atoms. The van der Waals surface area contributed by atoms with Crippen molar-refractivity contribution in [2.24, 2.45) is 5.10 Å². The number of aromatic nitrogens is 1. The maximum Gasteiger partial charge on any atom is 0.417 e. The summed E-state index contributed by atoms with van der Waals surface area (Å²) >= 11 is 0. The Morgan fingerprint density at radius 2 is 1.71 bits per heavy atom. The Bertz CT molecular complexity index is 1130. The summed E-state index contributed by atoms with van der Waals surface area (Å²) in [5.41, 5.74) is -2.79. The molecule has 1 aromatic heterocycles. The number of alkyl halides is 3. The van der Waals surface area contributed by atoms with Crippen molar-refractivity contribution >= 4 is 6.21 Å². The average molecular weight is 383 g/mol. The molecule has 3 aromatic rings. The molecule has 0 aliphatic rings. The van der Waals surface area contributed by atoms with Crippen molar-refractivity contribution in [3.8, 4) is 23.1 Å². The molecule has 0 fully saturated rings. The molecule has 1 N–H and O–H groups in total. The minimum absolute atomic E-state index is 0.0283. The third kappa shape index (κ3) is 3.78. The Balaban J connectivity index is 2.26. The molecule has 5 nitrogen and oxygen atoms in total. The second-order valence-corrected chi connectivity index (χ2v) is 5.75. The van der Waals surface area contributed by atoms with Crippen LogP contribution in [0.25, 0.3) is 11.3 Å². The molecule has 0 unspecified atom stereocenters. The molecule has 0 aliphatic carbocycles. The predicted molar refractivity (Wildman–Crippen MR) is 97.0 cm³/mol. The summed E-state index contributed by atoms with van der Waals surface area (Å²) in [6.07, 6.45) is -3.62. The molecule has 0 amide bonds. The first kappa shape index (κ1) is 18.9. The molecule has 0 aliphatic heterocycles. The van der Waals surface area contributed by atoms with Gasteiger partial charge in [0.15, 0.2) is 0 Å². The number of pyridine rings is 1. The minimum Gasteiger partial charge on any atom is -0.508 e. The maximum absolute atomic E-state index is 13.4. The van der Waals surface area contributed by atoms with Gasteiger partial charge >= 0.3 is 6.18 Å². The van der Waals surface area contributed by atoms with Gasteiger partial charge in [-0.2, -0.15) is 28.2 Å². The van der Waals surface area contributed by atoms with Gasteiger partial charge in [0.1, 0.15) is 17.4 Å². The summed E-state index contributed by atoms with van der Waals surface area (Å²) in [4.78, 5) is 12.6. The van der Waals surface area contributed by atoms with Crippen LogP contribution in [0.15, 0.2) is 70.6 Å². The zero-order valence-electron chi connectivity index (χ0n) is 14.2. The van der Waals surface area contributed by atoms with E-state index in [9.17, 15) is 23.1 Å². The number of aromatic hydroxyl groups is 1. The molecule has 1 heterocycles. The van der Waals surface area contributed by atoms with Crippen LogP contribution >= 0.6 is 0 Å². The fraction of sp³-hybridized carbons (Fsp3) is 0.0500. The minimum atomic E-state index is -4.87. The molecule has 8 heteroatoms. The summed E-state index contributed by atoms with van der Waals surface area (Å²) in [5, 5.41) is 22.4. The summed E-state index contributed by atoms with van der Waals surface area (Å²) in [6.45, 7) is 0. The highest BCUT2D eigenvalue weighted by molar-refractivity contribution is 5.80. The number of rotatable bonds is 3. The Hall–Kier alpha value is -3.86. The zero-order valence-corrected chi connectivity index (χ0v) is 14.2. The molecule has 0 radical (unpaired) electrons. The molecule has 0 saturated heterocycles. The van der Waals surface area contributed by atoms with E-state index >= 15 is 0 Å². The van der Waals surface area contributed by atoms with Crippen LogP contribution < -0.4 is 5.56 Å². The number of phenolic OH excluding ortho intramolecular Hbond substituents is 1. The highest BCUT2D eigenvalue weighted by atomic mass is 19.4. The molecule has 2 aromatic carbocycles. The van der Waals surface area contributed by atoms with E-state index in [-0.39, 0.29) is 11.4 Å². The van der Waals surface area contributed by atoms with Gasteiger partial charge in [0.2, 0.25) is 0 Å². The molecule has 0 saturated carbocycles. The van der Waals surface area contributed by atoms with Crippen molar-refractivity contribution in [1.29, 1.82) is 5.26 Å². The highest BCUT2D eigenvalue weighted by Gasteiger charge is 2.36. The zero-order chi connectivity index (χ0) is 20.3. The lowest BCUT2D eigenvalue weighted by Gasteiger charge is -2.14. The van der Waals surface area contributed by atoms with Crippen molar-refractivity contribution in [3.63, 3.8) is 0 Å². The SMILES string of the molecule is N#Cc1c(C(F)(F)F)cc(-c2ccccc2)n(/N=C/c2ccc(O)cc2)c1=O. The molecular weight excluding hydrogens is 371 g/mol. The van der Waals surface area contributed by atoms with Gasteiger partial charge in [0.05, 0.1) is 17.5 Å². The Labute approximate surface area is 157 Å². The van der Waals surface area contributed by atoms with Crippen molar-refractivity contribution in [2.75, 3.05) is 0 Å². The first-order valence-electron chi connectivity index (χ1n) is 7.97. The van der Waals surface area contributed by atoms with Crippen LogP contribution in [-0.2, 0) is 6.18 Å². The van der Waals surface area contributed by atoms with Crippen molar-refractivity contribution in [3.05, 3.63) is 87.7 Å². The molecule has 0 atom stereocenters. The number of nitriles is 1. The van der Waals surface area contributed by atoms with E-state index in [1.54, 1.807) is 18.2 Å². The predicted octanol–water partition coefficient (Wildman–Crippen LogP) is 3.99. The first-order chi connectivity index (χ1) is 13.3. The lowest BCUT2D eigenvalue weighted by Crippen LogP contribution is -2.26. The van der Waals surface area contributed by atoms with Gasteiger partial charge < -0.3 is 5.11 Å². The second kappa shape index (κ2) is 7.40. The van der Waals surface area contributed by atoms with Crippen LogP contribution in [0.3, 0.4) is 0 Å². The van der Waals surface area contributed by atoms with E-state index in [2.05, 4.69) is 5.10 Å². The number of phenols is 1. The van der Waals surface area contributed by atoms with Gasteiger partial charge in [0, 0.05) is 5.56 Å². The third-order valence-electron chi connectivity index (χ3n) is 3.89. The van der Waals surface area contributed by atoms with Gasteiger partial charge in [-0.1, -0.05) is 30.3 Å². The summed E-state index contributed by atoms with van der Waals surface area (Å²) in [7, 11) is 0. The van der Waals surface area contributed by atoms with Gasteiger partial charge in [-0.15, -0.1) is 0 Å². The largest absolute Gasteiger partial charge is 0.508 e. The molecule has 3 rings (SSSR count). The number of hydrogen-bond donors (Lipinski definition) is 1. The van der Waals surface area contributed by atoms with E-state index < -0.39 is 22.9 Å². The van der Waals surface area contributed by atoms with E-state index in [1.165, 1.54) is 48.7 Å². The Kier molecular flexibility index (Phi) is 5.00. The van der Waals surface area contributed by atoms with Gasteiger partial charge in [-0.3, -0.25) is 4.79 Å². The molecule has 28 heavy (non-hydrogen) atoms. The molecule has 0 bridgehead atoms. The summed E-state index contributed by atoms with van der Waals surface area (Å²) < 4.78 is 40.9. The fourth-order valence-corrected chi connectivity index (χ4v) is 2.55. The fourth-order valence-electron chi connectivity index (χ4n) is 2.55. The summed E-state index contributed by atoms with van der Waals surface area (Å²) in [6, 6.07) is 15.9. The van der Waals surface area contributed by atoms with Crippen molar-refractivity contribution in [2.45, 2.75) is 6.18 Å². The maximum atomic E-state index is 13.4. The topological polar surface area (TPSA) is 78.4 Å². The monoisotopic (exact) mass is 383 g/mol. The number of hydrogen-bond acceptors (Lipinski definition) is 4. The lowest BCUT2D eigenvalue weighted by molar-refractivity contribution is -0.137. The van der Waals surface area contributed by atoms with E-state index in [0.29, 0.717) is 11.1 Å². The first-order valence-corrected chi connectivity index (χ1v) is 7.97. The molecular formula is C20H12F3N3O2. The van der Waals surface area contributed by atoms with Crippen LogP contribution in [-0.4, -0.2) is 16.0 Å². The van der Waals surface area contributed by atoms with Gasteiger partial charge in [0.25, 0.3) is 5.56 Å². The third-order valence-corrected chi connectivity index (χ3v) is 3.89. The van der Waals surface area contributed by atoms with E-state index in [4.69, 9.17) is 5.26 Å². The number of benzene rings is 2. The van der Waals surface area contributed by atoms with Crippen LogP contribution in [0.2, 0.25) is 0 Å². The van der Waals surface area contributed by atoms with Crippen LogP contribution in [0.5, 0.6) is 5.75 Å². The van der Waals surface area contributed by atoms with Gasteiger partial charge in [-0.05, 0) is 35.9 Å². The average Bonchev–Trinajstić information content (AvgIpc) is 2.67. The van der Waals surface area contributed by atoms with Crippen LogP contribution in [0.1, 0.15) is 16.7 Å². The van der Waals surface area contributed by atoms with E-state index in [0.717, 1.165) is 10.7 Å². The Morgan fingerprint density at radius 3 is 2.29 bits per heavy atom. The van der Waals surface area contributed by atoms with E-state index in [1.807, 2.05) is 0 Å². The lowest BCUT2D eigenvalue weighted by atomic mass is 10.0. The van der Waals surface area contributed by atoms with Crippen molar-refractivity contribution < 1.29 is 18.3 Å². The van der Waals surface area contributed by atoms with Crippen molar-refractivity contribution in [1.82, 2.24) is 4.68 Å². The Morgan fingerprint density at radius 1 is 1.07 bits per heavy atom. The molecule has 140 valence electrons. The number of nitrogens with zero attached hydrogens (tertiary/aromatic N) is 3. The second-order valence-electron chi connectivity index (χ2n) is 5.75. The summed E-state index contributed by atoms with van der Waals surface area (Å²) in [5.74, 6) is 0.0283. The normalized spacial score (nSPS) is 11.5. The van der Waals surface area contributed by atoms with Crippen LogP contribution in [0.4, 0.5) is 13.2 Å². The van der Waals surface area contributed by atoms with Crippen LogP contribution in [0, 0.1) is 11.3 Å². The standard InChI is InChI=1S/C20H12F3N3O2/c21-20(22,23)17-10-18(14-4-2-1-3-5-14)26(19(28)16(17)11-24)25-12-13-6-8-15(27)9-7-13/h1-10,12,27H/b25-12+. The van der Waals surface area contributed by atoms with Gasteiger partial charge in [-0.25, -0.2) is 0 Å². The smallest absolute Gasteiger partial charge is 0.417 e.